The summed E-state index contributed by atoms with van der Waals surface area (Å²) in [6.45, 7) is 6.95. The number of hydrogen-bond donors (Lipinski definition) is 1. The summed E-state index contributed by atoms with van der Waals surface area (Å²) in [4.78, 5) is 32.2. The van der Waals surface area contributed by atoms with Gasteiger partial charge >= 0.3 is 0 Å². The summed E-state index contributed by atoms with van der Waals surface area (Å²) in [5.74, 6) is -0.306. The van der Waals surface area contributed by atoms with Crippen LogP contribution in [0.15, 0.2) is 54.7 Å². The summed E-state index contributed by atoms with van der Waals surface area (Å²) < 4.78 is 5.73. The number of pyridine rings is 1. The van der Waals surface area contributed by atoms with Gasteiger partial charge in [-0.25, -0.2) is 0 Å². The second-order valence-electron chi connectivity index (χ2n) is 7.83. The summed E-state index contributed by atoms with van der Waals surface area (Å²) in [5.41, 5.74) is 3.21. The van der Waals surface area contributed by atoms with Crippen LogP contribution in [0.2, 0.25) is 0 Å². The highest BCUT2D eigenvalue weighted by atomic mass is 16.5. The fraction of sp³-hybridized carbons (Fsp3) is 0.292. The molecule has 1 aliphatic heterocycles. The third-order valence-electron chi connectivity index (χ3n) is 5.32. The van der Waals surface area contributed by atoms with E-state index >= 15 is 0 Å². The fourth-order valence-corrected chi connectivity index (χ4v) is 3.89. The van der Waals surface area contributed by atoms with Crippen LogP contribution in [0.3, 0.4) is 0 Å². The van der Waals surface area contributed by atoms with Gasteiger partial charge in [0.05, 0.1) is 23.3 Å². The molecular formula is C24H25N3O3. The van der Waals surface area contributed by atoms with Crippen LogP contribution in [0.1, 0.15) is 40.1 Å². The van der Waals surface area contributed by atoms with Crippen molar-refractivity contribution in [3.63, 3.8) is 0 Å². The molecule has 1 saturated heterocycles. The normalized spacial score (nSPS) is 19.0. The first-order valence-electron chi connectivity index (χ1n) is 10.1. The zero-order valence-electron chi connectivity index (χ0n) is 17.4. The van der Waals surface area contributed by atoms with E-state index in [1.165, 1.54) is 0 Å². The van der Waals surface area contributed by atoms with Crippen molar-refractivity contribution in [3.8, 4) is 0 Å². The van der Waals surface area contributed by atoms with Crippen LogP contribution in [0.25, 0.3) is 10.9 Å². The number of carbonyl (C=O) groups excluding carboxylic acids is 2. The molecule has 1 aromatic heterocycles. The number of anilines is 1. The smallest absolute Gasteiger partial charge is 0.257 e. The molecule has 0 bridgehead atoms. The Morgan fingerprint density at radius 1 is 1.07 bits per heavy atom. The molecular weight excluding hydrogens is 378 g/mol. The van der Waals surface area contributed by atoms with Crippen molar-refractivity contribution in [2.75, 3.05) is 18.4 Å². The molecule has 1 aliphatic rings. The summed E-state index contributed by atoms with van der Waals surface area (Å²) >= 11 is 0. The van der Waals surface area contributed by atoms with Crippen LogP contribution in [0.5, 0.6) is 0 Å². The number of nitrogens with zero attached hydrogens (tertiary/aromatic N) is 2. The van der Waals surface area contributed by atoms with E-state index in [0.29, 0.717) is 35.4 Å². The van der Waals surface area contributed by atoms with Gasteiger partial charge < -0.3 is 15.0 Å². The summed E-state index contributed by atoms with van der Waals surface area (Å²) in [7, 11) is 0. The highest BCUT2D eigenvalue weighted by molar-refractivity contribution is 6.12. The molecule has 30 heavy (non-hydrogen) atoms. The fourth-order valence-electron chi connectivity index (χ4n) is 3.89. The number of fused-ring (bicyclic) bond motifs is 1. The standard InChI is InChI=1S/C24H25N3O3/c1-15-9-10-19(24(29)27-13-16(2)30-17(3)14-27)12-21(15)26-23(28)20-8-4-6-18-7-5-11-25-22(18)20/h4-12,16-17H,13-14H2,1-3H3,(H,26,28)/t16-,17+. The Kier molecular flexibility index (Phi) is 5.50. The third-order valence-corrected chi connectivity index (χ3v) is 5.32. The van der Waals surface area contributed by atoms with E-state index in [1.807, 2.05) is 56.0 Å². The summed E-state index contributed by atoms with van der Waals surface area (Å²) in [6, 6.07) is 14.7. The van der Waals surface area contributed by atoms with Gasteiger partial charge in [-0.1, -0.05) is 24.3 Å². The second-order valence-corrected chi connectivity index (χ2v) is 7.83. The van der Waals surface area contributed by atoms with Gasteiger partial charge in [0.2, 0.25) is 0 Å². The minimum Gasteiger partial charge on any atom is -0.372 e. The van der Waals surface area contributed by atoms with E-state index in [0.717, 1.165) is 10.9 Å². The average Bonchev–Trinajstić information content (AvgIpc) is 2.73. The molecule has 6 nitrogen and oxygen atoms in total. The predicted molar refractivity (Wildman–Crippen MR) is 117 cm³/mol. The van der Waals surface area contributed by atoms with Gasteiger partial charge in [0.25, 0.3) is 11.8 Å². The number of benzene rings is 2. The Balaban J connectivity index is 1.59. The van der Waals surface area contributed by atoms with Gasteiger partial charge in [0.1, 0.15) is 0 Å². The number of para-hydroxylation sites is 1. The maximum atomic E-state index is 13.0. The van der Waals surface area contributed by atoms with Gasteiger partial charge in [-0.05, 0) is 50.6 Å². The van der Waals surface area contributed by atoms with Crippen molar-refractivity contribution < 1.29 is 14.3 Å². The number of nitrogens with one attached hydrogen (secondary N) is 1. The lowest BCUT2D eigenvalue weighted by atomic mass is 10.1. The quantitative estimate of drug-likeness (QED) is 0.716. The molecule has 154 valence electrons. The van der Waals surface area contributed by atoms with Gasteiger partial charge in [0.15, 0.2) is 0 Å². The topological polar surface area (TPSA) is 71.5 Å². The highest BCUT2D eigenvalue weighted by Gasteiger charge is 2.27. The first kappa shape index (κ1) is 20.0. The molecule has 1 fully saturated rings. The van der Waals surface area contributed by atoms with E-state index in [2.05, 4.69) is 10.3 Å². The summed E-state index contributed by atoms with van der Waals surface area (Å²) in [6.07, 6.45) is 1.68. The van der Waals surface area contributed by atoms with Crippen LogP contribution >= 0.6 is 0 Å². The van der Waals surface area contributed by atoms with Crippen LogP contribution in [0, 0.1) is 6.92 Å². The molecule has 0 radical (unpaired) electrons. The molecule has 1 N–H and O–H groups in total. The Morgan fingerprint density at radius 3 is 2.57 bits per heavy atom. The lowest BCUT2D eigenvalue weighted by Gasteiger charge is -2.35. The lowest BCUT2D eigenvalue weighted by molar-refractivity contribution is -0.0586. The number of hydrogen-bond acceptors (Lipinski definition) is 4. The van der Waals surface area contributed by atoms with Crippen LogP contribution in [-0.2, 0) is 4.74 Å². The van der Waals surface area contributed by atoms with Crippen molar-refractivity contribution in [1.82, 2.24) is 9.88 Å². The molecule has 6 heteroatoms. The van der Waals surface area contributed by atoms with E-state index in [4.69, 9.17) is 4.74 Å². The highest BCUT2D eigenvalue weighted by Crippen LogP contribution is 2.22. The van der Waals surface area contributed by atoms with E-state index in [-0.39, 0.29) is 24.0 Å². The van der Waals surface area contributed by atoms with Gasteiger partial charge in [-0.2, -0.15) is 0 Å². The molecule has 3 aromatic rings. The molecule has 2 heterocycles. The van der Waals surface area contributed by atoms with E-state index < -0.39 is 0 Å². The SMILES string of the molecule is Cc1ccc(C(=O)N2C[C@@H](C)O[C@@H](C)C2)cc1NC(=O)c1cccc2cccnc12. The molecule has 0 aliphatic carbocycles. The Morgan fingerprint density at radius 2 is 1.80 bits per heavy atom. The molecule has 2 atom stereocenters. The van der Waals surface area contributed by atoms with Crippen molar-refractivity contribution in [2.24, 2.45) is 0 Å². The first-order chi connectivity index (χ1) is 14.4. The molecule has 0 saturated carbocycles. The van der Waals surface area contributed by atoms with Crippen molar-refractivity contribution >= 4 is 28.4 Å². The zero-order chi connectivity index (χ0) is 21.3. The summed E-state index contributed by atoms with van der Waals surface area (Å²) in [5, 5.41) is 3.86. The lowest BCUT2D eigenvalue weighted by Crippen LogP contribution is -2.48. The van der Waals surface area contributed by atoms with Gasteiger partial charge in [0, 0.05) is 35.9 Å². The molecule has 0 unspecified atom stereocenters. The van der Waals surface area contributed by atoms with Crippen molar-refractivity contribution in [2.45, 2.75) is 33.0 Å². The number of carbonyl (C=O) groups is 2. The zero-order valence-corrected chi connectivity index (χ0v) is 17.4. The number of amides is 2. The van der Waals surface area contributed by atoms with Crippen LogP contribution in [-0.4, -0.2) is 47.0 Å². The molecule has 2 amide bonds. The van der Waals surface area contributed by atoms with Crippen LogP contribution < -0.4 is 5.32 Å². The Bertz CT molecular complexity index is 1100. The molecule has 4 rings (SSSR count). The third kappa shape index (κ3) is 4.04. The number of aromatic nitrogens is 1. The minimum atomic E-state index is -0.249. The number of ether oxygens (including phenoxy) is 1. The Hall–Kier alpha value is -3.25. The molecule has 0 spiro atoms. The number of morpholine rings is 1. The predicted octanol–water partition coefficient (Wildman–Crippen LogP) is 4.04. The maximum Gasteiger partial charge on any atom is 0.257 e. The van der Waals surface area contributed by atoms with E-state index in [9.17, 15) is 9.59 Å². The second kappa shape index (κ2) is 8.24. The average molecular weight is 403 g/mol. The minimum absolute atomic E-state index is 0.00110. The number of rotatable bonds is 3. The first-order valence-corrected chi connectivity index (χ1v) is 10.1. The van der Waals surface area contributed by atoms with Crippen molar-refractivity contribution in [3.05, 3.63) is 71.4 Å². The Labute approximate surface area is 175 Å². The van der Waals surface area contributed by atoms with Crippen LogP contribution in [0.4, 0.5) is 5.69 Å². The van der Waals surface area contributed by atoms with Gasteiger partial charge in [-0.15, -0.1) is 0 Å². The number of aryl methyl sites for hydroxylation is 1. The van der Waals surface area contributed by atoms with Gasteiger partial charge in [-0.3, -0.25) is 14.6 Å². The van der Waals surface area contributed by atoms with E-state index in [1.54, 1.807) is 24.4 Å². The maximum absolute atomic E-state index is 13.0. The van der Waals surface area contributed by atoms with Crippen molar-refractivity contribution in [1.29, 1.82) is 0 Å². The molecule has 2 aromatic carbocycles. The largest absolute Gasteiger partial charge is 0.372 e. The monoisotopic (exact) mass is 403 g/mol.